The molecule has 1 aliphatic rings. The Morgan fingerprint density at radius 1 is 1.19 bits per heavy atom. The number of rotatable bonds is 5. The molecule has 0 saturated carbocycles. The van der Waals surface area contributed by atoms with Gasteiger partial charge in [0.05, 0.1) is 6.54 Å². The van der Waals surface area contributed by atoms with Gasteiger partial charge in [0.1, 0.15) is 0 Å². The lowest BCUT2D eigenvalue weighted by molar-refractivity contribution is -0.134. The van der Waals surface area contributed by atoms with Crippen LogP contribution < -0.4 is 10.6 Å². The molecule has 0 aliphatic carbocycles. The number of anilines is 1. The monoisotopic (exact) mass is 289 g/mol. The van der Waals surface area contributed by atoms with E-state index >= 15 is 0 Å². The van der Waals surface area contributed by atoms with Crippen LogP contribution in [0.4, 0.5) is 5.69 Å². The van der Waals surface area contributed by atoms with Crippen molar-refractivity contribution >= 4 is 17.5 Å². The van der Waals surface area contributed by atoms with Gasteiger partial charge < -0.3 is 15.5 Å². The smallest absolute Gasteiger partial charge is 0.241 e. The maximum absolute atomic E-state index is 12.1. The number of hydrogen-bond donors (Lipinski definition) is 2. The molecule has 0 unspecified atom stereocenters. The Labute approximate surface area is 125 Å². The van der Waals surface area contributed by atoms with Crippen molar-refractivity contribution in [1.29, 1.82) is 0 Å². The Kier molecular flexibility index (Phi) is 5.60. The summed E-state index contributed by atoms with van der Waals surface area (Å²) in [5.74, 6) is 0.260. The molecule has 0 spiro atoms. The molecule has 0 radical (unpaired) electrons. The SMILES string of the molecule is CCNC(=O)C1CCN(C(=O)CNc2ccccc2)CC1. The maximum Gasteiger partial charge on any atom is 0.241 e. The van der Waals surface area contributed by atoms with Crippen molar-refractivity contribution in [1.82, 2.24) is 10.2 Å². The Morgan fingerprint density at radius 3 is 2.48 bits per heavy atom. The molecule has 1 aromatic rings. The molecular weight excluding hydrogens is 266 g/mol. The topological polar surface area (TPSA) is 61.4 Å². The van der Waals surface area contributed by atoms with E-state index in [0.29, 0.717) is 26.2 Å². The van der Waals surface area contributed by atoms with E-state index in [4.69, 9.17) is 0 Å². The Bertz CT molecular complexity index is 468. The number of nitrogens with zero attached hydrogens (tertiary/aromatic N) is 1. The first-order valence-electron chi connectivity index (χ1n) is 7.55. The molecular formula is C16H23N3O2. The van der Waals surface area contributed by atoms with Gasteiger partial charge in [-0.15, -0.1) is 0 Å². The summed E-state index contributed by atoms with van der Waals surface area (Å²) in [6.07, 6.45) is 1.51. The lowest BCUT2D eigenvalue weighted by Crippen LogP contribution is -2.44. The molecule has 1 fully saturated rings. The maximum atomic E-state index is 12.1. The number of likely N-dealkylation sites (tertiary alicyclic amines) is 1. The van der Waals surface area contributed by atoms with E-state index in [0.717, 1.165) is 18.5 Å². The number of carbonyl (C=O) groups excluding carboxylic acids is 2. The van der Waals surface area contributed by atoms with Crippen molar-refractivity contribution in [2.45, 2.75) is 19.8 Å². The van der Waals surface area contributed by atoms with Gasteiger partial charge in [-0.1, -0.05) is 18.2 Å². The van der Waals surface area contributed by atoms with Gasteiger partial charge in [0, 0.05) is 31.2 Å². The summed E-state index contributed by atoms with van der Waals surface area (Å²) < 4.78 is 0. The fraction of sp³-hybridized carbons (Fsp3) is 0.500. The minimum atomic E-state index is 0.0519. The average Bonchev–Trinajstić information content (AvgIpc) is 2.54. The molecule has 0 bridgehead atoms. The second-order valence-corrected chi connectivity index (χ2v) is 5.27. The first-order chi connectivity index (χ1) is 10.2. The molecule has 0 aromatic heterocycles. The number of carbonyl (C=O) groups is 2. The molecule has 2 N–H and O–H groups in total. The normalized spacial score (nSPS) is 15.6. The van der Waals surface area contributed by atoms with Crippen LogP contribution in [0.5, 0.6) is 0 Å². The second-order valence-electron chi connectivity index (χ2n) is 5.27. The van der Waals surface area contributed by atoms with Gasteiger partial charge in [0.25, 0.3) is 0 Å². The van der Waals surface area contributed by atoms with E-state index < -0.39 is 0 Å². The molecule has 1 aromatic carbocycles. The molecule has 1 aliphatic heterocycles. The minimum absolute atomic E-state index is 0.0519. The van der Waals surface area contributed by atoms with Crippen molar-refractivity contribution in [2.24, 2.45) is 5.92 Å². The third-order valence-electron chi connectivity index (χ3n) is 3.79. The largest absolute Gasteiger partial charge is 0.376 e. The highest BCUT2D eigenvalue weighted by Gasteiger charge is 2.26. The molecule has 0 atom stereocenters. The van der Waals surface area contributed by atoms with Gasteiger partial charge in [0.2, 0.25) is 11.8 Å². The van der Waals surface area contributed by atoms with Crippen LogP contribution in [0.1, 0.15) is 19.8 Å². The highest BCUT2D eigenvalue weighted by Crippen LogP contribution is 2.17. The van der Waals surface area contributed by atoms with E-state index in [2.05, 4.69) is 10.6 Å². The Hall–Kier alpha value is -2.04. The Balaban J connectivity index is 1.74. The summed E-state index contributed by atoms with van der Waals surface area (Å²) >= 11 is 0. The van der Waals surface area contributed by atoms with E-state index in [-0.39, 0.29) is 17.7 Å². The van der Waals surface area contributed by atoms with Crippen LogP contribution in [0.15, 0.2) is 30.3 Å². The molecule has 5 heteroatoms. The van der Waals surface area contributed by atoms with Crippen molar-refractivity contribution in [3.8, 4) is 0 Å². The van der Waals surface area contributed by atoms with Crippen LogP contribution in [0.2, 0.25) is 0 Å². The van der Waals surface area contributed by atoms with Crippen molar-refractivity contribution in [3.63, 3.8) is 0 Å². The van der Waals surface area contributed by atoms with E-state index in [9.17, 15) is 9.59 Å². The molecule has 1 heterocycles. The van der Waals surface area contributed by atoms with Gasteiger partial charge in [-0.3, -0.25) is 9.59 Å². The zero-order valence-corrected chi connectivity index (χ0v) is 12.5. The predicted octanol–water partition coefficient (Wildman–Crippen LogP) is 1.47. The van der Waals surface area contributed by atoms with E-state index in [1.807, 2.05) is 42.2 Å². The number of benzene rings is 1. The third kappa shape index (κ3) is 4.48. The number of piperidine rings is 1. The number of amides is 2. The lowest BCUT2D eigenvalue weighted by Gasteiger charge is -2.31. The Morgan fingerprint density at radius 2 is 1.86 bits per heavy atom. The number of hydrogen-bond acceptors (Lipinski definition) is 3. The highest BCUT2D eigenvalue weighted by molar-refractivity contribution is 5.82. The van der Waals surface area contributed by atoms with Gasteiger partial charge in [-0.25, -0.2) is 0 Å². The zero-order chi connectivity index (χ0) is 15.1. The van der Waals surface area contributed by atoms with Gasteiger partial charge in [0.15, 0.2) is 0 Å². The quantitative estimate of drug-likeness (QED) is 0.863. The van der Waals surface area contributed by atoms with Crippen molar-refractivity contribution in [3.05, 3.63) is 30.3 Å². The summed E-state index contributed by atoms with van der Waals surface area (Å²) in [5, 5.41) is 5.98. The van der Waals surface area contributed by atoms with E-state index in [1.165, 1.54) is 0 Å². The van der Waals surface area contributed by atoms with Gasteiger partial charge >= 0.3 is 0 Å². The zero-order valence-electron chi connectivity index (χ0n) is 12.5. The first kappa shape index (κ1) is 15.4. The van der Waals surface area contributed by atoms with Gasteiger partial charge in [-0.05, 0) is 31.9 Å². The lowest BCUT2D eigenvalue weighted by atomic mass is 9.96. The fourth-order valence-electron chi connectivity index (χ4n) is 2.56. The summed E-state index contributed by atoms with van der Waals surface area (Å²) in [7, 11) is 0. The minimum Gasteiger partial charge on any atom is -0.376 e. The molecule has 5 nitrogen and oxygen atoms in total. The fourth-order valence-corrected chi connectivity index (χ4v) is 2.56. The standard InChI is InChI=1S/C16H23N3O2/c1-2-17-16(21)13-8-10-19(11-9-13)15(20)12-18-14-6-4-3-5-7-14/h3-7,13,18H,2,8-12H2,1H3,(H,17,21). The van der Waals surface area contributed by atoms with Crippen LogP contribution in [0, 0.1) is 5.92 Å². The van der Waals surface area contributed by atoms with Crippen LogP contribution in [-0.2, 0) is 9.59 Å². The van der Waals surface area contributed by atoms with E-state index in [1.54, 1.807) is 0 Å². The van der Waals surface area contributed by atoms with Crippen LogP contribution in [-0.4, -0.2) is 42.9 Å². The van der Waals surface area contributed by atoms with Gasteiger partial charge in [-0.2, -0.15) is 0 Å². The summed E-state index contributed by atoms with van der Waals surface area (Å²) in [5.41, 5.74) is 0.947. The third-order valence-corrected chi connectivity index (χ3v) is 3.79. The first-order valence-corrected chi connectivity index (χ1v) is 7.55. The number of para-hydroxylation sites is 1. The summed E-state index contributed by atoms with van der Waals surface area (Å²) in [6, 6.07) is 9.69. The number of nitrogens with one attached hydrogen (secondary N) is 2. The second kappa shape index (κ2) is 7.67. The van der Waals surface area contributed by atoms with Crippen LogP contribution in [0.3, 0.4) is 0 Å². The van der Waals surface area contributed by atoms with Crippen LogP contribution in [0.25, 0.3) is 0 Å². The summed E-state index contributed by atoms with van der Waals surface area (Å²) in [4.78, 5) is 25.7. The average molecular weight is 289 g/mol. The van der Waals surface area contributed by atoms with Crippen LogP contribution >= 0.6 is 0 Å². The highest BCUT2D eigenvalue weighted by atomic mass is 16.2. The molecule has 21 heavy (non-hydrogen) atoms. The van der Waals surface area contributed by atoms with Crippen molar-refractivity contribution < 1.29 is 9.59 Å². The molecule has 1 saturated heterocycles. The van der Waals surface area contributed by atoms with Crippen molar-refractivity contribution in [2.75, 3.05) is 31.5 Å². The summed E-state index contributed by atoms with van der Waals surface area (Å²) in [6.45, 7) is 4.22. The molecule has 114 valence electrons. The predicted molar refractivity (Wildman–Crippen MR) is 82.9 cm³/mol. The molecule has 2 amide bonds. The molecule has 2 rings (SSSR count).